The Bertz CT molecular complexity index is 710. The van der Waals surface area contributed by atoms with Gasteiger partial charge in [-0.25, -0.2) is 4.98 Å². The minimum atomic E-state index is 0.287. The number of aryl methyl sites for hydroxylation is 1. The van der Waals surface area contributed by atoms with E-state index in [4.69, 9.17) is 10.5 Å². The third-order valence-corrected chi connectivity index (χ3v) is 4.72. The van der Waals surface area contributed by atoms with Crippen LogP contribution >= 0.6 is 0 Å². The number of hydrogen-bond donors (Lipinski definition) is 2. The van der Waals surface area contributed by atoms with E-state index < -0.39 is 0 Å². The van der Waals surface area contributed by atoms with Gasteiger partial charge in [-0.2, -0.15) is 4.98 Å². The standard InChI is InChI=1S/C18H22N4O/c19-18-21-16-14-8-2-1-5-12(14)6-3-9-15(16)17(22-18)23-11-13-7-4-10-20-13/h1-2,5,8,13,20H,3-4,6-7,9-11H2,(H2,19,21,22)/t13-/m1/s1. The van der Waals surface area contributed by atoms with E-state index in [0.717, 1.165) is 49.0 Å². The van der Waals surface area contributed by atoms with Gasteiger partial charge in [-0.05, 0) is 44.2 Å². The van der Waals surface area contributed by atoms with Crippen LogP contribution in [0.4, 0.5) is 5.95 Å². The highest BCUT2D eigenvalue weighted by molar-refractivity contribution is 5.70. The maximum absolute atomic E-state index is 6.05. The molecule has 2 aliphatic rings. The van der Waals surface area contributed by atoms with Gasteiger partial charge < -0.3 is 15.8 Å². The zero-order chi connectivity index (χ0) is 15.6. The number of anilines is 1. The molecule has 1 fully saturated rings. The highest BCUT2D eigenvalue weighted by Gasteiger charge is 2.22. The van der Waals surface area contributed by atoms with Crippen molar-refractivity contribution in [3.63, 3.8) is 0 Å². The van der Waals surface area contributed by atoms with E-state index in [9.17, 15) is 0 Å². The normalized spacial score (nSPS) is 19.7. The van der Waals surface area contributed by atoms with Crippen LogP contribution in [0.5, 0.6) is 5.88 Å². The molecule has 3 N–H and O–H groups in total. The summed E-state index contributed by atoms with van der Waals surface area (Å²) < 4.78 is 6.05. The lowest BCUT2D eigenvalue weighted by molar-refractivity contribution is 0.265. The van der Waals surface area contributed by atoms with Gasteiger partial charge in [0.15, 0.2) is 0 Å². The molecule has 0 saturated carbocycles. The molecule has 2 heterocycles. The predicted octanol–water partition coefficient (Wildman–Crippen LogP) is 2.35. The number of rotatable bonds is 3. The summed E-state index contributed by atoms with van der Waals surface area (Å²) in [6.07, 6.45) is 5.43. The van der Waals surface area contributed by atoms with E-state index in [1.807, 2.05) is 0 Å². The Kier molecular flexibility index (Phi) is 3.87. The van der Waals surface area contributed by atoms with Gasteiger partial charge in [0.2, 0.25) is 11.8 Å². The summed E-state index contributed by atoms with van der Waals surface area (Å²) >= 11 is 0. The first-order valence-electron chi connectivity index (χ1n) is 8.42. The molecule has 2 aromatic rings. The average molecular weight is 310 g/mol. The summed E-state index contributed by atoms with van der Waals surface area (Å²) in [4.78, 5) is 8.91. The van der Waals surface area contributed by atoms with Crippen molar-refractivity contribution in [1.82, 2.24) is 15.3 Å². The summed E-state index contributed by atoms with van der Waals surface area (Å²) in [5.41, 5.74) is 10.5. The fraction of sp³-hybridized carbons (Fsp3) is 0.444. The lowest BCUT2D eigenvalue weighted by Crippen LogP contribution is -2.28. The average Bonchev–Trinajstić information content (AvgIpc) is 3.01. The van der Waals surface area contributed by atoms with Gasteiger partial charge in [0.05, 0.1) is 5.69 Å². The first-order chi connectivity index (χ1) is 11.3. The van der Waals surface area contributed by atoms with E-state index in [1.54, 1.807) is 0 Å². The number of benzene rings is 1. The van der Waals surface area contributed by atoms with Crippen molar-refractivity contribution >= 4 is 5.95 Å². The topological polar surface area (TPSA) is 73.1 Å². The third-order valence-electron chi connectivity index (χ3n) is 4.72. The molecule has 1 aliphatic carbocycles. The number of hydrogen-bond acceptors (Lipinski definition) is 5. The van der Waals surface area contributed by atoms with E-state index in [-0.39, 0.29) is 5.95 Å². The summed E-state index contributed by atoms with van der Waals surface area (Å²) in [7, 11) is 0. The highest BCUT2D eigenvalue weighted by Crippen LogP contribution is 2.35. The van der Waals surface area contributed by atoms with Gasteiger partial charge in [-0.3, -0.25) is 0 Å². The monoisotopic (exact) mass is 310 g/mol. The summed E-state index contributed by atoms with van der Waals surface area (Å²) in [6.45, 7) is 1.72. The molecule has 1 aromatic heterocycles. The van der Waals surface area contributed by atoms with Crippen molar-refractivity contribution in [1.29, 1.82) is 0 Å². The fourth-order valence-corrected chi connectivity index (χ4v) is 3.55. The second kappa shape index (κ2) is 6.16. The van der Waals surface area contributed by atoms with Crippen LogP contribution in [0, 0.1) is 0 Å². The van der Waals surface area contributed by atoms with Crippen LogP contribution in [0.25, 0.3) is 11.3 Å². The first kappa shape index (κ1) is 14.5. The molecular weight excluding hydrogens is 288 g/mol. The second-order valence-electron chi connectivity index (χ2n) is 6.33. The van der Waals surface area contributed by atoms with E-state index in [1.165, 1.54) is 12.0 Å². The minimum Gasteiger partial charge on any atom is -0.476 e. The van der Waals surface area contributed by atoms with Gasteiger partial charge >= 0.3 is 0 Å². The number of aromatic nitrogens is 2. The quantitative estimate of drug-likeness (QED) is 0.910. The van der Waals surface area contributed by atoms with Crippen molar-refractivity contribution < 1.29 is 4.74 Å². The molecule has 1 saturated heterocycles. The largest absolute Gasteiger partial charge is 0.476 e. The maximum Gasteiger partial charge on any atom is 0.223 e. The fourth-order valence-electron chi connectivity index (χ4n) is 3.55. The van der Waals surface area contributed by atoms with E-state index >= 15 is 0 Å². The molecule has 4 rings (SSSR count). The van der Waals surface area contributed by atoms with E-state index in [2.05, 4.69) is 39.6 Å². The van der Waals surface area contributed by atoms with Crippen LogP contribution in [0.1, 0.15) is 30.4 Å². The first-order valence-corrected chi connectivity index (χ1v) is 8.42. The molecule has 0 spiro atoms. The zero-order valence-electron chi connectivity index (χ0n) is 13.2. The van der Waals surface area contributed by atoms with Crippen molar-refractivity contribution in [2.75, 3.05) is 18.9 Å². The Morgan fingerprint density at radius 1 is 1.17 bits per heavy atom. The number of nitrogens with zero attached hydrogens (tertiary/aromatic N) is 2. The molecular formula is C18H22N4O. The molecule has 0 radical (unpaired) electrons. The van der Waals surface area contributed by atoms with Crippen LogP contribution in [-0.2, 0) is 12.8 Å². The zero-order valence-corrected chi connectivity index (χ0v) is 13.2. The molecule has 0 bridgehead atoms. The van der Waals surface area contributed by atoms with Crippen LogP contribution in [0.3, 0.4) is 0 Å². The Morgan fingerprint density at radius 3 is 2.96 bits per heavy atom. The molecule has 0 unspecified atom stereocenters. The van der Waals surface area contributed by atoms with Crippen LogP contribution in [0.15, 0.2) is 24.3 Å². The Balaban J connectivity index is 1.70. The minimum absolute atomic E-state index is 0.287. The smallest absolute Gasteiger partial charge is 0.223 e. The number of ether oxygens (including phenoxy) is 1. The molecule has 120 valence electrons. The molecule has 5 nitrogen and oxygen atoms in total. The van der Waals surface area contributed by atoms with E-state index in [0.29, 0.717) is 18.5 Å². The SMILES string of the molecule is Nc1nc(OC[C@H]2CCCN2)c2c(n1)-c1ccccc1CCC2. The number of nitrogen functional groups attached to an aromatic ring is 1. The summed E-state index contributed by atoms with van der Waals surface area (Å²) in [5.74, 6) is 0.952. The number of fused-ring (bicyclic) bond motifs is 3. The molecule has 23 heavy (non-hydrogen) atoms. The van der Waals surface area contributed by atoms with Gasteiger partial charge in [-0.15, -0.1) is 0 Å². The van der Waals surface area contributed by atoms with Gasteiger partial charge in [-0.1, -0.05) is 24.3 Å². The molecule has 1 aliphatic heterocycles. The van der Waals surface area contributed by atoms with Gasteiger partial charge in [0.1, 0.15) is 6.61 Å². The van der Waals surface area contributed by atoms with Crippen molar-refractivity contribution in [2.45, 2.75) is 38.1 Å². The van der Waals surface area contributed by atoms with Gasteiger partial charge in [0, 0.05) is 17.2 Å². The Hall–Kier alpha value is -2.14. The number of nitrogens with one attached hydrogen (secondary N) is 1. The van der Waals surface area contributed by atoms with Crippen LogP contribution in [0.2, 0.25) is 0 Å². The lowest BCUT2D eigenvalue weighted by Gasteiger charge is -2.16. The predicted molar refractivity (Wildman–Crippen MR) is 90.4 cm³/mol. The van der Waals surface area contributed by atoms with Crippen LogP contribution in [-0.4, -0.2) is 29.2 Å². The Labute approximate surface area is 136 Å². The Morgan fingerprint density at radius 2 is 2.09 bits per heavy atom. The van der Waals surface area contributed by atoms with Crippen molar-refractivity contribution in [3.8, 4) is 17.1 Å². The second-order valence-corrected chi connectivity index (χ2v) is 6.33. The third kappa shape index (κ3) is 2.88. The summed E-state index contributed by atoms with van der Waals surface area (Å²) in [6, 6.07) is 8.84. The van der Waals surface area contributed by atoms with Crippen molar-refractivity contribution in [2.24, 2.45) is 0 Å². The molecule has 5 heteroatoms. The molecule has 1 aromatic carbocycles. The van der Waals surface area contributed by atoms with Crippen LogP contribution < -0.4 is 15.8 Å². The lowest BCUT2D eigenvalue weighted by atomic mass is 10.0. The molecule has 0 amide bonds. The summed E-state index contributed by atoms with van der Waals surface area (Å²) in [5, 5.41) is 3.45. The highest BCUT2D eigenvalue weighted by atomic mass is 16.5. The van der Waals surface area contributed by atoms with Gasteiger partial charge in [0.25, 0.3) is 0 Å². The number of nitrogens with two attached hydrogens (primary N) is 1. The molecule has 1 atom stereocenters. The maximum atomic E-state index is 6.05. The van der Waals surface area contributed by atoms with Crippen molar-refractivity contribution in [3.05, 3.63) is 35.4 Å².